The van der Waals surface area contributed by atoms with E-state index in [2.05, 4.69) is 5.32 Å². The zero-order chi connectivity index (χ0) is 17.1. The van der Waals surface area contributed by atoms with Crippen molar-refractivity contribution in [1.82, 2.24) is 10.2 Å². The summed E-state index contributed by atoms with van der Waals surface area (Å²) in [7, 11) is 0. The van der Waals surface area contributed by atoms with Crippen LogP contribution in [0.3, 0.4) is 0 Å². The lowest BCUT2D eigenvalue weighted by Crippen LogP contribution is -2.52. The van der Waals surface area contributed by atoms with Crippen molar-refractivity contribution in [3.8, 4) is 0 Å². The maximum atomic E-state index is 12.7. The molecule has 2 amide bonds. The number of likely N-dealkylation sites (tertiary alicyclic amines) is 1. The monoisotopic (exact) mass is 328 g/mol. The lowest BCUT2D eigenvalue weighted by Gasteiger charge is -2.35. The lowest BCUT2D eigenvalue weighted by atomic mass is 10.0. The lowest BCUT2D eigenvalue weighted by molar-refractivity contribution is -0.142. The second kappa shape index (κ2) is 7.07. The molecule has 2 heterocycles. The number of piperidine rings is 1. The number of fused-ring (bicyclic) bond motifs is 1. The predicted octanol–water partition coefficient (Wildman–Crippen LogP) is 3.40. The van der Waals surface area contributed by atoms with E-state index in [0.29, 0.717) is 13.0 Å². The molecule has 1 saturated heterocycles. The molecule has 1 aromatic carbocycles. The highest BCUT2D eigenvalue weighted by Crippen LogP contribution is 2.24. The van der Waals surface area contributed by atoms with E-state index in [9.17, 15) is 9.59 Å². The average molecular weight is 328 g/mol. The van der Waals surface area contributed by atoms with Crippen molar-refractivity contribution in [2.24, 2.45) is 0 Å². The van der Waals surface area contributed by atoms with Gasteiger partial charge in [-0.3, -0.25) is 9.59 Å². The number of furan rings is 1. The number of amides is 2. The van der Waals surface area contributed by atoms with Gasteiger partial charge in [0.05, 0.1) is 6.04 Å². The Morgan fingerprint density at radius 2 is 2.12 bits per heavy atom. The van der Waals surface area contributed by atoms with Crippen molar-refractivity contribution >= 4 is 22.8 Å². The van der Waals surface area contributed by atoms with Gasteiger partial charge in [-0.15, -0.1) is 0 Å². The van der Waals surface area contributed by atoms with E-state index in [0.717, 1.165) is 36.0 Å². The summed E-state index contributed by atoms with van der Waals surface area (Å²) in [6, 6.07) is 9.14. The zero-order valence-corrected chi connectivity index (χ0v) is 14.2. The van der Waals surface area contributed by atoms with Crippen LogP contribution in [0.25, 0.3) is 11.0 Å². The van der Waals surface area contributed by atoms with Crippen molar-refractivity contribution in [2.75, 3.05) is 6.54 Å². The van der Waals surface area contributed by atoms with Crippen molar-refractivity contribution in [1.29, 1.82) is 0 Å². The summed E-state index contributed by atoms with van der Waals surface area (Å²) in [5.41, 5.74) is 0.814. The molecule has 5 nitrogen and oxygen atoms in total. The SMILES string of the molecule is CCC(=O)N1CCCC[C@@H]1C(=O)N[C@@H](C)c1cc2ccccc2o1. The van der Waals surface area contributed by atoms with E-state index in [1.54, 1.807) is 4.90 Å². The topological polar surface area (TPSA) is 62.6 Å². The average Bonchev–Trinajstić information content (AvgIpc) is 3.05. The number of nitrogens with one attached hydrogen (secondary N) is 1. The van der Waals surface area contributed by atoms with Gasteiger partial charge in [0.2, 0.25) is 11.8 Å². The van der Waals surface area contributed by atoms with E-state index < -0.39 is 0 Å². The van der Waals surface area contributed by atoms with Gasteiger partial charge in [0.1, 0.15) is 17.4 Å². The normalized spacial score (nSPS) is 19.2. The maximum absolute atomic E-state index is 12.7. The number of benzene rings is 1. The Morgan fingerprint density at radius 1 is 1.33 bits per heavy atom. The van der Waals surface area contributed by atoms with Crippen LogP contribution in [0.15, 0.2) is 34.7 Å². The summed E-state index contributed by atoms with van der Waals surface area (Å²) in [4.78, 5) is 26.5. The van der Waals surface area contributed by atoms with Crippen LogP contribution in [0.1, 0.15) is 51.3 Å². The summed E-state index contributed by atoms with van der Waals surface area (Å²) in [5.74, 6) is 0.685. The van der Waals surface area contributed by atoms with E-state index in [4.69, 9.17) is 4.42 Å². The van der Waals surface area contributed by atoms with Gasteiger partial charge < -0.3 is 14.6 Å². The molecule has 0 bridgehead atoms. The number of hydrogen-bond acceptors (Lipinski definition) is 3. The smallest absolute Gasteiger partial charge is 0.243 e. The number of carbonyl (C=O) groups is 2. The highest BCUT2D eigenvalue weighted by molar-refractivity contribution is 5.88. The molecule has 3 rings (SSSR count). The number of hydrogen-bond donors (Lipinski definition) is 1. The molecular formula is C19H24N2O3. The van der Waals surface area contributed by atoms with E-state index in [-0.39, 0.29) is 23.9 Å². The molecule has 0 unspecified atom stereocenters. The summed E-state index contributed by atoms with van der Waals surface area (Å²) in [6.45, 7) is 4.41. The van der Waals surface area contributed by atoms with Crippen molar-refractivity contribution in [2.45, 2.75) is 51.6 Å². The summed E-state index contributed by atoms with van der Waals surface area (Å²) >= 11 is 0. The molecule has 1 aliphatic heterocycles. The van der Waals surface area contributed by atoms with E-state index in [1.165, 1.54) is 0 Å². The van der Waals surface area contributed by atoms with Gasteiger partial charge in [0.15, 0.2) is 0 Å². The fourth-order valence-corrected chi connectivity index (χ4v) is 3.30. The Hall–Kier alpha value is -2.30. The van der Waals surface area contributed by atoms with Crippen molar-refractivity contribution < 1.29 is 14.0 Å². The minimum Gasteiger partial charge on any atom is -0.459 e. The Balaban J connectivity index is 1.71. The van der Waals surface area contributed by atoms with Crippen LogP contribution in [-0.2, 0) is 9.59 Å². The third-order valence-electron chi connectivity index (χ3n) is 4.66. The van der Waals surface area contributed by atoms with Crippen LogP contribution in [0.4, 0.5) is 0 Å². The Bertz CT molecular complexity index is 704. The van der Waals surface area contributed by atoms with Gasteiger partial charge >= 0.3 is 0 Å². The minimum absolute atomic E-state index is 0.0474. The van der Waals surface area contributed by atoms with E-state index in [1.807, 2.05) is 44.2 Å². The first-order chi connectivity index (χ1) is 11.6. The maximum Gasteiger partial charge on any atom is 0.243 e. The Kier molecular flexibility index (Phi) is 4.88. The fourth-order valence-electron chi connectivity index (χ4n) is 3.30. The molecule has 24 heavy (non-hydrogen) atoms. The molecular weight excluding hydrogens is 304 g/mol. The molecule has 2 atom stereocenters. The Morgan fingerprint density at radius 3 is 2.88 bits per heavy atom. The standard InChI is InChI=1S/C19H24N2O3/c1-3-18(22)21-11-7-6-9-15(21)19(23)20-13(2)17-12-14-8-4-5-10-16(14)24-17/h4-5,8,10,12-13,15H,3,6-7,9,11H2,1-2H3,(H,20,23)/t13-,15+/m0/s1. The molecule has 1 N–H and O–H groups in total. The third-order valence-corrected chi connectivity index (χ3v) is 4.66. The molecule has 0 spiro atoms. The zero-order valence-electron chi connectivity index (χ0n) is 14.2. The molecule has 1 fully saturated rings. The number of rotatable bonds is 4. The molecule has 0 aliphatic carbocycles. The molecule has 5 heteroatoms. The third kappa shape index (κ3) is 3.30. The number of para-hydroxylation sites is 1. The summed E-state index contributed by atoms with van der Waals surface area (Å²) < 4.78 is 5.82. The van der Waals surface area contributed by atoms with Gasteiger partial charge in [-0.05, 0) is 38.3 Å². The van der Waals surface area contributed by atoms with Crippen molar-refractivity contribution in [3.63, 3.8) is 0 Å². The predicted molar refractivity (Wildman–Crippen MR) is 92.4 cm³/mol. The number of carbonyl (C=O) groups excluding carboxylic acids is 2. The summed E-state index contributed by atoms with van der Waals surface area (Å²) in [5, 5.41) is 4.03. The van der Waals surface area contributed by atoms with Gasteiger partial charge in [-0.2, -0.15) is 0 Å². The Labute approximate surface area is 142 Å². The molecule has 128 valence electrons. The first-order valence-corrected chi connectivity index (χ1v) is 8.68. The molecule has 2 aromatic rings. The quantitative estimate of drug-likeness (QED) is 0.935. The van der Waals surface area contributed by atoms with Crippen LogP contribution in [0.2, 0.25) is 0 Å². The highest BCUT2D eigenvalue weighted by atomic mass is 16.3. The van der Waals surface area contributed by atoms with Gasteiger partial charge in [0.25, 0.3) is 0 Å². The van der Waals surface area contributed by atoms with Crippen LogP contribution >= 0.6 is 0 Å². The second-order valence-corrected chi connectivity index (χ2v) is 6.37. The second-order valence-electron chi connectivity index (χ2n) is 6.37. The largest absolute Gasteiger partial charge is 0.459 e. The van der Waals surface area contributed by atoms with Crippen molar-refractivity contribution in [3.05, 3.63) is 36.1 Å². The molecule has 1 aliphatic rings. The van der Waals surface area contributed by atoms with Gasteiger partial charge in [-0.1, -0.05) is 25.1 Å². The highest BCUT2D eigenvalue weighted by Gasteiger charge is 2.32. The first-order valence-electron chi connectivity index (χ1n) is 8.68. The van der Waals surface area contributed by atoms with Crippen LogP contribution < -0.4 is 5.32 Å². The fraction of sp³-hybridized carbons (Fsp3) is 0.474. The van der Waals surface area contributed by atoms with Gasteiger partial charge in [0, 0.05) is 18.4 Å². The number of nitrogens with zero attached hydrogens (tertiary/aromatic N) is 1. The van der Waals surface area contributed by atoms with Crippen LogP contribution in [0, 0.1) is 0 Å². The molecule has 0 radical (unpaired) electrons. The molecule has 1 aromatic heterocycles. The first kappa shape index (κ1) is 16.6. The van der Waals surface area contributed by atoms with Crippen LogP contribution in [-0.4, -0.2) is 29.3 Å². The minimum atomic E-state index is -0.363. The van der Waals surface area contributed by atoms with Crippen LogP contribution in [0.5, 0.6) is 0 Å². The molecule has 0 saturated carbocycles. The van der Waals surface area contributed by atoms with Gasteiger partial charge in [-0.25, -0.2) is 0 Å². The summed E-state index contributed by atoms with van der Waals surface area (Å²) in [6.07, 6.45) is 3.10. The van der Waals surface area contributed by atoms with E-state index >= 15 is 0 Å².